The maximum Gasteiger partial charge on any atom is 0.303 e. The van der Waals surface area contributed by atoms with Gasteiger partial charge in [-0.05, 0) is 36.5 Å². The molecule has 1 aliphatic rings. The molecule has 102 valence electrons. The number of benzene rings is 1. The number of carbonyl (C=O) groups excluding carboxylic acids is 1. The number of aliphatic carboxylic acids is 1. The van der Waals surface area contributed by atoms with Crippen LogP contribution in [0.4, 0.5) is 5.69 Å². The number of carboxylic acid groups (broad SMARTS) is 1. The number of carbonyl (C=O) groups is 2. The number of amides is 1. The Kier molecular flexibility index (Phi) is 4.20. The summed E-state index contributed by atoms with van der Waals surface area (Å²) >= 11 is 0. The van der Waals surface area contributed by atoms with Gasteiger partial charge < -0.3 is 10.0 Å². The van der Waals surface area contributed by atoms with Gasteiger partial charge in [-0.3, -0.25) is 9.59 Å². The van der Waals surface area contributed by atoms with Crippen molar-refractivity contribution in [2.24, 2.45) is 5.92 Å². The first-order chi connectivity index (χ1) is 9.10. The van der Waals surface area contributed by atoms with Crippen molar-refractivity contribution < 1.29 is 14.7 Å². The van der Waals surface area contributed by atoms with Crippen LogP contribution in [0.15, 0.2) is 24.3 Å². The van der Waals surface area contributed by atoms with Crippen molar-refractivity contribution in [2.45, 2.75) is 32.6 Å². The predicted molar refractivity (Wildman–Crippen MR) is 73.1 cm³/mol. The summed E-state index contributed by atoms with van der Waals surface area (Å²) in [6, 6.07) is 8.00. The molecule has 1 aliphatic heterocycles. The fourth-order valence-electron chi connectivity index (χ4n) is 2.50. The van der Waals surface area contributed by atoms with E-state index >= 15 is 0 Å². The number of aryl methyl sites for hydroxylation is 1. The molecule has 4 nitrogen and oxygen atoms in total. The van der Waals surface area contributed by atoms with E-state index in [0.717, 1.165) is 18.5 Å². The van der Waals surface area contributed by atoms with Crippen LogP contribution in [-0.2, 0) is 16.0 Å². The van der Waals surface area contributed by atoms with Crippen LogP contribution in [0.2, 0.25) is 0 Å². The molecule has 4 heteroatoms. The van der Waals surface area contributed by atoms with Gasteiger partial charge in [-0.25, -0.2) is 0 Å². The van der Waals surface area contributed by atoms with Gasteiger partial charge in [0.05, 0.1) is 0 Å². The van der Waals surface area contributed by atoms with Crippen molar-refractivity contribution in [2.75, 3.05) is 11.4 Å². The topological polar surface area (TPSA) is 57.6 Å². The Hall–Kier alpha value is -1.84. The molecule has 0 aromatic heterocycles. The third kappa shape index (κ3) is 3.34. The number of hydrogen-bond donors (Lipinski definition) is 1. The van der Waals surface area contributed by atoms with Crippen molar-refractivity contribution in [3.8, 4) is 0 Å². The van der Waals surface area contributed by atoms with Crippen molar-refractivity contribution in [1.82, 2.24) is 0 Å². The molecule has 1 aromatic carbocycles. The minimum atomic E-state index is -0.821. The summed E-state index contributed by atoms with van der Waals surface area (Å²) in [5.41, 5.74) is 2.16. The maximum absolute atomic E-state index is 12.1. The van der Waals surface area contributed by atoms with Gasteiger partial charge >= 0.3 is 5.97 Å². The van der Waals surface area contributed by atoms with Gasteiger partial charge in [-0.15, -0.1) is 0 Å². The highest BCUT2D eigenvalue weighted by molar-refractivity contribution is 5.94. The zero-order valence-electron chi connectivity index (χ0n) is 11.1. The Morgan fingerprint density at radius 3 is 2.58 bits per heavy atom. The van der Waals surface area contributed by atoms with E-state index < -0.39 is 5.97 Å². The summed E-state index contributed by atoms with van der Waals surface area (Å²) in [7, 11) is 0. The lowest BCUT2D eigenvalue weighted by atomic mass is 9.92. The van der Waals surface area contributed by atoms with Crippen molar-refractivity contribution in [3.63, 3.8) is 0 Å². The fourth-order valence-corrected chi connectivity index (χ4v) is 2.50. The lowest BCUT2D eigenvalue weighted by molar-refractivity contribution is -0.138. The van der Waals surface area contributed by atoms with Gasteiger partial charge in [-0.2, -0.15) is 0 Å². The van der Waals surface area contributed by atoms with Crippen LogP contribution < -0.4 is 4.90 Å². The van der Waals surface area contributed by atoms with E-state index in [2.05, 4.69) is 6.92 Å². The number of piperidine rings is 1. The van der Waals surface area contributed by atoms with Crippen molar-refractivity contribution in [3.05, 3.63) is 29.8 Å². The molecular formula is C15H19NO3. The molecule has 1 heterocycles. The summed E-state index contributed by atoms with van der Waals surface area (Å²) < 4.78 is 0. The molecule has 0 spiro atoms. The Morgan fingerprint density at radius 2 is 2.05 bits per heavy atom. The van der Waals surface area contributed by atoms with E-state index in [1.807, 2.05) is 24.3 Å². The first-order valence-corrected chi connectivity index (χ1v) is 6.71. The molecule has 19 heavy (non-hydrogen) atoms. The molecule has 1 amide bonds. The maximum atomic E-state index is 12.1. The first-order valence-electron chi connectivity index (χ1n) is 6.71. The average Bonchev–Trinajstić information content (AvgIpc) is 2.38. The Balaban J connectivity index is 2.02. The molecule has 1 unspecified atom stereocenters. The van der Waals surface area contributed by atoms with Crippen LogP contribution in [0, 0.1) is 5.92 Å². The molecular weight excluding hydrogens is 242 g/mol. The Morgan fingerprint density at radius 1 is 1.37 bits per heavy atom. The van der Waals surface area contributed by atoms with Gasteiger partial charge in [0, 0.05) is 25.1 Å². The van der Waals surface area contributed by atoms with E-state index in [9.17, 15) is 9.59 Å². The minimum absolute atomic E-state index is 0.0174. The molecule has 0 bridgehead atoms. The normalized spacial score (nSPS) is 19.5. The Bertz CT molecular complexity index is 467. The quantitative estimate of drug-likeness (QED) is 0.905. The molecule has 1 N–H and O–H groups in total. The zero-order valence-corrected chi connectivity index (χ0v) is 11.1. The summed E-state index contributed by atoms with van der Waals surface area (Å²) in [5.74, 6) is -0.809. The average molecular weight is 261 g/mol. The number of nitrogens with zero attached hydrogens (tertiary/aromatic N) is 1. The lowest BCUT2D eigenvalue weighted by Gasteiger charge is -2.31. The Labute approximate surface area is 113 Å². The molecule has 2 rings (SSSR count). The van der Waals surface area contributed by atoms with Crippen LogP contribution in [0.3, 0.4) is 0 Å². The predicted octanol–water partition coefficient (Wildman–Crippen LogP) is 2.47. The van der Waals surface area contributed by atoms with E-state index in [-0.39, 0.29) is 18.2 Å². The number of hydrogen-bond acceptors (Lipinski definition) is 2. The van der Waals surface area contributed by atoms with Gasteiger partial charge in [-0.1, -0.05) is 19.1 Å². The van der Waals surface area contributed by atoms with Crippen LogP contribution in [0.1, 0.15) is 31.7 Å². The minimum Gasteiger partial charge on any atom is -0.481 e. The SMILES string of the molecule is CCc1ccc(N2CCC(CC(=O)O)CC2=O)cc1. The van der Waals surface area contributed by atoms with Crippen LogP contribution in [-0.4, -0.2) is 23.5 Å². The first kappa shape index (κ1) is 13.6. The van der Waals surface area contributed by atoms with Crippen molar-refractivity contribution >= 4 is 17.6 Å². The smallest absolute Gasteiger partial charge is 0.303 e. The summed E-state index contributed by atoms with van der Waals surface area (Å²) in [6.07, 6.45) is 2.17. The highest BCUT2D eigenvalue weighted by Crippen LogP contribution is 2.26. The molecule has 0 saturated carbocycles. The highest BCUT2D eigenvalue weighted by atomic mass is 16.4. The summed E-state index contributed by atoms with van der Waals surface area (Å²) in [6.45, 7) is 2.71. The molecule has 0 aliphatic carbocycles. The number of carboxylic acids is 1. The molecule has 1 saturated heterocycles. The van der Waals surface area contributed by atoms with Crippen LogP contribution in [0.5, 0.6) is 0 Å². The third-order valence-corrected chi connectivity index (χ3v) is 3.64. The number of rotatable bonds is 4. The van der Waals surface area contributed by atoms with E-state index in [4.69, 9.17) is 5.11 Å². The second kappa shape index (κ2) is 5.87. The molecule has 1 atom stereocenters. The zero-order chi connectivity index (χ0) is 13.8. The van der Waals surface area contributed by atoms with Gasteiger partial charge in [0.15, 0.2) is 0 Å². The molecule has 1 fully saturated rings. The van der Waals surface area contributed by atoms with Crippen molar-refractivity contribution in [1.29, 1.82) is 0 Å². The largest absolute Gasteiger partial charge is 0.481 e. The summed E-state index contributed by atoms with van der Waals surface area (Å²) in [5, 5.41) is 8.77. The van der Waals surface area contributed by atoms with E-state index in [1.165, 1.54) is 5.56 Å². The third-order valence-electron chi connectivity index (χ3n) is 3.64. The van der Waals surface area contributed by atoms with Crippen LogP contribution >= 0.6 is 0 Å². The van der Waals surface area contributed by atoms with Gasteiger partial charge in [0.25, 0.3) is 0 Å². The van der Waals surface area contributed by atoms with Gasteiger partial charge in [0.1, 0.15) is 0 Å². The monoisotopic (exact) mass is 261 g/mol. The molecule has 1 aromatic rings. The second-order valence-corrected chi connectivity index (χ2v) is 5.02. The van der Waals surface area contributed by atoms with E-state index in [1.54, 1.807) is 4.90 Å². The lowest BCUT2D eigenvalue weighted by Crippen LogP contribution is -2.39. The fraction of sp³-hybridized carbons (Fsp3) is 0.467. The van der Waals surface area contributed by atoms with E-state index in [0.29, 0.717) is 13.0 Å². The summed E-state index contributed by atoms with van der Waals surface area (Å²) in [4.78, 5) is 24.5. The number of anilines is 1. The highest BCUT2D eigenvalue weighted by Gasteiger charge is 2.27. The molecule has 0 radical (unpaired) electrons. The standard InChI is InChI=1S/C15H19NO3/c1-2-11-3-5-13(6-4-11)16-8-7-12(9-14(16)17)10-15(18)19/h3-6,12H,2,7-10H2,1H3,(H,18,19). The second-order valence-electron chi connectivity index (χ2n) is 5.02. The van der Waals surface area contributed by atoms with Crippen LogP contribution in [0.25, 0.3) is 0 Å². The van der Waals surface area contributed by atoms with Gasteiger partial charge in [0.2, 0.25) is 5.91 Å².